The maximum absolute atomic E-state index is 12.7. The number of benzene rings is 1. The molecule has 6 nitrogen and oxygen atoms in total. The molecule has 0 saturated carbocycles. The van der Waals surface area contributed by atoms with E-state index in [9.17, 15) is 4.79 Å². The quantitative estimate of drug-likeness (QED) is 0.567. The number of aryl methyl sites for hydroxylation is 1. The summed E-state index contributed by atoms with van der Waals surface area (Å²) in [7, 11) is 3.18. The first kappa shape index (κ1) is 21.9. The molecule has 150 valence electrons. The van der Waals surface area contributed by atoms with Crippen LogP contribution in [0.1, 0.15) is 19.4 Å². The minimum absolute atomic E-state index is 0.245. The molecule has 7 heteroatoms. The fourth-order valence-electron chi connectivity index (χ4n) is 2.62. The molecular formula is C21H26N2O4S. The van der Waals surface area contributed by atoms with Crippen molar-refractivity contribution in [2.45, 2.75) is 31.7 Å². The number of nitrogens with one attached hydrogen (secondary N) is 1. The summed E-state index contributed by atoms with van der Waals surface area (Å²) in [6, 6.07) is 5.63. The molecule has 0 aliphatic carbocycles. The lowest BCUT2D eigenvalue weighted by atomic mass is 10.1. The molecule has 0 bridgehead atoms. The van der Waals surface area contributed by atoms with Crippen molar-refractivity contribution in [3.8, 4) is 23.3 Å². The van der Waals surface area contributed by atoms with Crippen molar-refractivity contribution in [2.75, 3.05) is 27.1 Å². The minimum Gasteiger partial charge on any atom is -0.495 e. The van der Waals surface area contributed by atoms with Crippen LogP contribution in [-0.4, -0.2) is 48.9 Å². The monoisotopic (exact) mass is 402 g/mol. The first-order valence-corrected chi connectivity index (χ1v) is 10.0. The normalized spacial score (nSPS) is 12.1. The van der Waals surface area contributed by atoms with Gasteiger partial charge in [-0.25, -0.2) is 0 Å². The molecule has 1 aromatic heterocycles. The smallest absolute Gasteiger partial charge is 0.272 e. The van der Waals surface area contributed by atoms with Gasteiger partial charge in [-0.3, -0.25) is 9.78 Å². The van der Waals surface area contributed by atoms with E-state index < -0.39 is 11.0 Å². The van der Waals surface area contributed by atoms with Gasteiger partial charge in [-0.15, -0.1) is 11.8 Å². The second-order valence-corrected chi connectivity index (χ2v) is 7.62. The number of nitrogens with zero attached hydrogens (tertiary/aromatic N) is 1. The number of hydrogen-bond donors (Lipinski definition) is 1. The van der Waals surface area contributed by atoms with E-state index in [1.165, 1.54) is 11.8 Å². The van der Waals surface area contributed by atoms with Crippen LogP contribution in [0, 0.1) is 18.8 Å². The van der Waals surface area contributed by atoms with Crippen LogP contribution in [0.3, 0.4) is 0 Å². The molecule has 1 aromatic carbocycles. The predicted molar refractivity (Wildman–Crippen MR) is 113 cm³/mol. The molecule has 0 aliphatic heterocycles. The highest BCUT2D eigenvalue weighted by Crippen LogP contribution is 2.28. The molecular weight excluding hydrogens is 376 g/mol. The Bertz CT molecular complexity index is 902. The van der Waals surface area contributed by atoms with Crippen LogP contribution in [0.4, 0.5) is 0 Å². The van der Waals surface area contributed by atoms with Crippen molar-refractivity contribution in [3.05, 3.63) is 30.0 Å². The van der Waals surface area contributed by atoms with Crippen LogP contribution < -0.4 is 14.8 Å². The highest BCUT2D eigenvalue weighted by molar-refractivity contribution is 7.99. The number of carbonyl (C=O) groups excluding carboxylic acids is 1. The number of pyridine rings is 1. The summed E-state index contributed by atoms with van der Waals surface area (Å²) in [6.45, 7) is 5.94. The highest BCUT2D eigenvalue weighted by atomic mass is 32.2. The van der Waals surface area contributed by atoms with Crippen molar-refractivity contribution in [1.82, 2.24) is 10.3 Å². The number of fused-ring (bicyclic) bond motifs is 1. The van der Waals surface area contributed by atoms with Crippen LogP contribution >= 0.6 is 11.8 Å². The lowest BCUT2D eigenvalue weighted by molar-refractivity contribution is -0.125. The third-order valence-corrected chi connectivity index (χ3v) is 4.62. The molecule has 1 atom stereocenters. The maximum Gasteiger partial charge on any atom is 0.272 e. The van der Waals surface area contributed by atoms with Gasteiger partial charge in [-0.1, -0.05) is 11.8 Å². The summed E-state index contributed by atoms with van der Waals surface area (Å²) < 4.78 is 16.1. The lowest BCUT2D eigenvalue weighted by Crippen LogP contribution is -2.47. The number of ether oxygens (including phenoxy) is 3. The summed E-state index contributed by atoms with van der Waals surface area (Å²) in [4.78, 5) is 17.1. The number of thioether (sulfide) groups is 1. The van der Waals surface area contributed by atoms with Gasteiger partial charge in [-0.2, -0.15) is 0 Å². The lowest BCUT2D eigenvalue weighted by Gasteiger charge is -2.24. The molecule has 0 fully saturated rings. The van der Waals surface area contributed by atoms with Crippen LogP contribution in [0.15, 0.2) is 24.4 Å². The first-order valence-electron chi connectivity index (χ1n) is 8.74. The van der Waals surface area contributed by atoms with E-state index >= 15 is 0 Å². The van der Waals surface area contributed by atoms with Gasteiger partial charge in [0.2, 0.25) is 5.44 Å². The number of methoxy groups -OCH3 is 2. The molecule has 1 heterocycles. The van der Waals surface area contributed by atoms with Gasteiger partial charge in [0, 0.05) is 12.5 Å². The van der Waals surface area contributed by atoms with Crippen LogP contribution in [0.2, 0.25) is 0 Å². The van der Waals surface area contributed by atoms with Gasteiger partial charge >= 0.3 is 0 Å². The molecule has 1 amide bonds. The molecule has 2 aromatic rings. The number of aromatic nitrogens is 1. The van der Waals surface area contributed by atoms with E-state index in [2.05, 4.69) is 22.1 Å². The molecule has 0 radical (unpaired) electrons. The Labute approximate surface area is 170 Å². The number of rotatable bonds is 7. The van der Waals surface area contributed by atoms with Crippen LogP contribution in [0.25, 0.3) is 10.9 Å². The van der Waals surface area contributed by atoms with E-state index in [0.717, 1.165) is 16.5 Å². The predicted octanol–water partition coefficient (Wildman–Crippen LogP) is 3.16. The number of carbonyl (C=O) groups is 1. The van der Waals surface area contributed by atoms with Crippen LogP contribution in [-0.2, 0) is 9.53 Å². The molecule has 0 aliphatic rings. The minimum atomic E-state index is -0.709. The zero-order valence-corrected chi connectivity index (χ0v) is 17.9. The summed E-state index contributed by atoms with van der Waals surface area (Å²) in [5.74, 6) is 6.87. The SMILES string of the molecule is COCC#CC(C)(C)NC(=O)C(Oc1cc(C)c2ncc(OC)cc2c1)SC. The second-order valence-electron chi connectivity index (χ2n) is 6.72. The molecule has 28 heavy (non-hydrogen) atoms. The number of amides is 1. The molecule has 0 spiro atoms. The topological polar surface area (TPSA) is 69.7 Å². The second kappa shape index (κ2) is 9.67. The molecule has 0 saturated heterocycles. The Morgan fingerprint density at radius 3 is 2.64 bits per heavy atom. The summed E-state index contributed by atoms with van der Waals surface area (Å²) in [5, 5.41) is 3.80. The third-order valence-electron chi connectivity index (χ3n) is 3.88. The molecule has 1 N–H and O–H groups in total. The molecule has 2 rings (SSSR count). The zero-order chi connectivity index (χ0) is 20.7. The Hall–Kier alpha value is -2.43. The number of hydrogen-bond acceptors (Lipinski definition) is 6. The van der Waals surface area contributed by atoms with Crippen molar-refractivity contribution >= 4 is 28.6 Å². The van der Waals surface area contributed by atoms with E-state index in [-0.39, 0.29) is 5.91 Å². The Morgan fingerprint density at radius 2 is 2.00 bits per heavy atom. The zero-order valence-electron chi connectivity index (χ0n) is 17.1. The van der Waals surface area contributed by atoms with Gasteiger partial charge in [0.05, 0.1) is 24.4 Å². The largest absolute Gasteiger partial charge is 0.495 e. The van der Waals surface area contributed by atoms with Crippen molar-refractivity contribution in [1.29, 1.82) is 0 Å². The molecule has 1 unspecified atom stereocenters. The standard InChI is InChI=1S/C21H26N2O4S/c1-14-10-16(11-15-12-17(26-5)13-22-18(14)15)27-20(28-6)19(24)23-21(2,3)8-7-9-25-4/h10-13,20H,9H2,1-6H3,(H,23,24). The van der Waals surface area contributed by atoms with E-state index in [1.54, 1.807) is 20.4 Å². The van der Waals surface area contributed by atoms with E-state index in [0.29, 0.717) is 18.1 Å². The highest BCUT2D eigenvalue weighted by Gasteiger charge is 2.25. The van der Waals surface area contributed by atoms with Gasteiger partial charge in [0.15, 0.2) is 0 Å². The first-order chi connectivity index (χ1) is 13.3. The summed E-state index contributed by atoms with van der Waals surface area (Å²) >= 11 is 1.31. The van der Waals surface area contributed by atoms with Crippen molar-refractivity contribution in [3.63, 3.8) is 0 Å². The Kier molecular flexibility index (Phi) is 7.55. The van der Waals surface area contributed by atoms with Gasteiger partial charge in [0.25, 0.3) is 5.91 Å². The van der Waals surface area contributed by atoms with Crippen LogP contribution in [0.5, 0.6) is 11.5 Å². The summed E-state index contributed by atoms with van der Waals surface area (Å²) in [5.41, 5.74) is 0.428. The Balaban J connectivity index is 2.19. The van der Waals surface area contributed by atoms with Crippen molar-refractivity contribution in [2.24, 2.45) is 0 Å². The van der Waals surface area contributed by atoms with Crippen molar-refractivity contribution < 1.29 is 19.0 Å². The Morgan fingerprint density at radius 1 is 1.29 bits per heavy atom. The third kappa shape index (κ3) is 5.78. The van der Waals surface area contributed by atoms with Gasteiger partial charge in [0.1, 0.15) is 18.1 Å². The van der Waals surface area contributed by atoms with Gasteiger partial charge < -0.3 is 19.5 Å². The van der Waals surface area contributed by atoms with E-state index in [4.69, 9.17) is 14.2 Å². The fourth-order valence-corrected chi connectivity index (χ4v) is 3.10. The van der Waals surface area contributed by atoms with E-state index in [1.807, 2.05) is 45.2 Å². The average molecular weight is 403 g/mol. The maximum atomic E-state index is 12.7. The summed E-state index contributed by atoms with van der Waals surface area (Å²) in [6.07, 6.45) is 3.51. The van der Waals surface area contributed by atoms with Gasteiger partial charge in [-0.05, 0) is 50.8 Å². The fraction of sp³-hybridized carbons (Fsp3) is 0.429. The average Bonchev–Trinajstić information content (AvgIpc) is 2.65.